The first-order valence-corrected chi connectivity index (χ1v) is 13.1. The fraction of sp³-hybridized carbons (Fsp3) is 0.679. The van der Waals surface area contributed by atoms with E-state index in [4.69, 9.17) is 21.3 Å². The van der Waals surface area contributed by atoms with Gasteiger partial charge in [0.25, 0.3) is 0 Å². The van der Waals surface area contributed by atoms with Crippen LogP contribution in [0.4, 0.5) is 0 Å². The summed E-state index contributed by atoms with van der Waals surface area (Å²) in [6, 6.07) is 8.15. The summed E-state index contributed by atoms with van der Waals surface area (Å²) < 4.78 is 5.48. The number of esters is 1. The second kappa shape index (κ2) is 10.8. The molecule has 1 aliphatic heterocycles. The summed E-state index contributed by atoms with van der Waals surface area (Å²) in [4.78, 5) is 24.0. The molecule has 1 aliphatic carbocycles. The Morgan fingerprint density at radius 2 is 1.71 bits per heavy atom. The fourth-order valence-corrected chi connectivity index (χ4v) is 5.16. The van der Waals surface area contributed by atoms with Gasteiger partial charge < -0.3 is 9.64 Å². The Bertz CT molecular complexity index is 888. The molecule has 0 saturated heterocycles. The van der Waals surface area contributed by atoms with E-state index < -0.39 is 5.41 Å². The van der Waals surface area contributed by atoms with Gasteiger partial charge in [0.15, 0.2) is 0 Å². The number of benzene rings is 1. The first-order valence-electron chi connectivity index (χ1n) is 12.7. The molecule has 3 rings (SSSR count). The van der Waals surface area contributed by atoms with Crippen LogP contribution in [-0.4, -0.2) is 40.5 Å². The van der Waals surface area contributed by atoms with E-state index in [-0.39, 0.29) is 17.4 Å². The average Bonchev–Trinajstić information content (AvgIpc) is 2.76. The van der Waals surface area contributed by atoms with E-state index >= 15 is 0 Å². The van der Waals surface area contributed by atoms with Crippen LogP contribution in [0.25, 0.3) is 0 Å². The Hall–Kier alpha value is -1.88. The number of amidine groups is 1. The standard InChI is InChI=1S/C28H42ClN3O2/c1-8-23-24(29)25(31-21-13-11-20(12-14-21)27(2,3)4)30-18-32(23)17-19-9-15-22(16-10-19)34-26(33)28(5,6)7/h9-10,15-16,18,20-21,23-24H,8,11-14,17H2,1-7H3. The lowest BCUT2D eigenvalue weighted by Crippen LogP contribution is -2.47. The van der Waals surface area contributed by atoms with Crippen molar-refractivity contribution in [1.82, 2.24) is 4.90 Å². The smallest absolute Gasteiger partial charge is 0.316 e. The average molecular weight is 488 g/mol. The van der Waals surface area contributed by atoms with Crippen LogP contribution in [0, 0.1) is 16.7 Å². The van der Waals surface area contributed by atoms with Gasteiger partial charge >= 0.3 is 5.97 Å². The van der Waals surface area contributed by atoms with Crippen molar-refractivity contribution >= 4 is 29.7 Å². The molecule has 0 bridgehead atoms. The van der Waals surface area contributed by atoms with Crippen LogP contribution in [0.5, 0.6) is 5.75 Å². The summed E-state index contributed by atoms with van der Waals surface area (Å²) in [5, 5.41) is -0.220. The number of halogens is 1. The molecule has 1 aromatic rings. The maximum atomic E-state index is 12.1. The molecule has 0 N–H and O–H groups in total. The number of rotatable bonds is 5. The van der Waals surface area contributed by atoms with Crippen molar-refractivity contribution < 1.29 is 9.53 Å². The molecule has 2 atom stereocenters. The van der Waals surface area contributed by atoms with Gasteiger partial charge in [-0.3, -0.25) is 9.79 Å². The lowest BCUT2D eigenvalue weighted by Gasteiger charge is -2.38. The molecule has 0 radical (unpaired) electrons. The van der Waals surface area contributed by atoms with Gasteiger partial charge in [0.2, 0.25) is 0 Å². The Balaban J connectivity index is 1.63. The van der Waals surface area contributed by atoms with Crippen LogP contribution in [0.2, 0.25) is 0 Å². The van der Waals surface area contributed by atoms with E-state index in [1.807, 2.05) is 51.4 Å². The maximum Gasteiger partial charge on any atom is 0.316 e. The second-order valence-corrected chi connectivity index (χ2v) is 12.4. The van der Waals surface area contributed by atoms with Gasteiger partial charge in [0.05, 0.1) is 23.8 Å². The van der Waals surface area contributed by atoms with Gasteiger partial charge in [0, 0.05) is 6.54 Å². The Morgan fingerprint density at radius 3 is 2.24 bits per heavy atom. The summed E-state index contributed by atoms with van der Waals surface area (Å²) in [5.74, 6) is 1.88. The van der Waals surface area contributed by atoms with E-state index in [1.165, 1.54) is 12.8 Å². The minimum Gasteiger partial charge on any atom is -0.426 e. The summed E-state index contributed by atoms with van der Waals surface area (Å²) in [6.45, 7) is 15.4. The zero-order valence-electron chi connectivity index (χ0n) is 22.0. The second-order valence-electron chi connectivity index (χ2n) is 11.9. The molecule has 1 aromatic carbocycles. The van der Waals surface area contributed by atoms with Gasteiger partial charge in [-0.2, -0.15) is 0 Å². The SMILES string of the molecule is CCC1C(Cl)C(=NC2CCC(C(C)(C)C)CC2)N=CN1Cc1ccc(OC(=O)C(C)(C)C)cc1. The zero-order chi connectivity index (χ0) is 25.1. The highest BCUT2D eigenvalue weighted by Crippen LogP contribution is 2.39. The number of carbonyl (C=O) groups is 1. The third kappa shape index (κ3) is 6.84. The van der Waals surface area contributed by atoms with Gasteiger partial charge in [-0.15, -0.1) is 11.6 Å². The van der Waals surface area contributed by atoms with E-state index in [9.17, 15) is 4.79 Å². The van der Waals surface area contributed by atoms with E-state index in [0.29, 0.717) is 23.8 Å². The first kappa shape index (κ1) is 26.7. The molecule has 1 saturated carbocycles. The van der Waals surface area contributed by atoms with E-state index in [1.54, 1.807) is 0 Å². The highest BCUT2D eigenvalue weighted by atomic mass is 35.5. The molecule has 1 fully saturated rings. The van der Waals surface area contributed by atoms with Gasteiger partial charge in [-0.25, -0.2) is 4.99 Å². The Kier molecular flexibility index (Phi) is 8.49. The van der Waals surface area contributed by atoms with Crippen molar-refractivity contribution in [2.45, 2.75) is 105 Å². The lowest BCUT2D eigenvalue weighted by molar-refractivity contribution is -0.143. The van der Waals surface area contributed by atoms with Crippen molar-refractivity contribution in [2.75, 3.05) is 0 Å². The molecule has 0 spiro atoms. The summed E-state index contributed by atoms with van der Waals surface area (Å²) in [5.41, 5.74) is 0.957. The lowest BCUT2D eigenvalue weighted by atomic mass is 9.71. The van der Waals surface area contributed by atoms with Crippen LogP contribution in [0.3, 0.4) is 0 Å². The molecule has 0 amide bonds. The quantitative estimate of drug-likeness (QED) is 0.258. The van der Waals surface area contributed by atoms with Crippen molar-refractivity contribution in [3.05, 3.63) is 29.8 Å². The van der Waals surface area contributed by atoms with Crippen molar-refractivity contribution in [3.8, 4) is 5.75 Å². The molecule has 34 heavy (non-hydrogen) atoms. The van der Waals surface area contributed by atoms with Gasteiger partial charge in [0.1, 0.15) is 17.0 Å². The predicted octanol–water partition coefficient (Wildman–Crippen LogP) is 6.87. The summed E-state index contributed by atoms with van der Waals surface area (Å²) >= 11 is 6.91. The zero-order valence-corrected chi connectivity index (χ0v) is 22.7. The van der Waals surface area contributed by atoms with Crippen LogP contribution < -0.4 is 4.74 Å². The highest BCUT2D eigenvalue weighted by molar-refractivity contribution is 6.33. The van der Waals surface area contributed by atoms with Crippen LogP contribution in [0.1, 0.15) is 86.1 Å². The molecule has 6 heteroatoms. The molecule has 1 heterocycles. The molecular formula is C28H42ClN3O2. The van der Waals surface area contributed by atoms with Crippen molar-refractivity contribution in [1.29, 1.82) is 0 Å². The number of ether oxygens (including phenoxy) is 1. The number of alkyl halides is 1. The van der Waals surface area contributed by atoms with E-state index in [0.717, 1.165) is 36.6 Å². The van der Waals surface area contributed by atoms with Gasteiger partial charge in [-0.1, -0.05) is 39.8 Å². The number of hydrogen-bond donors (Lipinski definition) is 0. The number of hydrogen-bond acceptors (Lipinski definition) is 4. The predicted molar refractivity (Wildman–Crippen MR) is 142 cm³/mol. The third-order valence-corrected chi connectivity index (χ3v) is 7.60. The van der Waals surface area contributed by atoms with Crippen molar-refractivity contribution in [3.63, 3.8) is 0 Å². The third-order valence-electron chi connectivity index (χ3n) is 7.11. The number of aliphatic imine (C=N–C) groups is 2. The van der Waals surface area contributed by atoms with Crippen LogP contribution >= 0.6 is 11.6 Å². The molecular weight excluding hydrogens is 446 g/mol. The van der Waals surface area contributed by atoms with Crippen molar-refractivity contribution in [2.24, 2.45) is 26.7 Å². The minimum atomic E-state index is -0.530. The van der Waals surface area contributed by atoms with Gasteiger partial charge in [-0.05, 0) is 81.9 Å². The monoisotopic (exact) mass is 487 g/mol. The Labute approximate surface area is 211 Å². The molecule has 188 valence electrons. The largest absolute Gasteiger partial charge is 0.426 e. The minimum absolute atomic E-state index is 0.141. The van der Waals surface area contributed by atoms with Crippen LogP contribution in [0.15, 0.2) is 34.3 Å². The summed E-state index contributed by atoms with van der Waals surface area (Å²) in [7, 11) is 0. The topological polar surface area (TPSA) is 54.3 Å². The number of carbonyl (C=O) groups excluding carboxylic acids is 1. The number of nitrogens with zero attached hydrogens (tertiary/aromatic N) is 3. The normalized spacial score (nSPS) is 27.2. The molecule has 0 aromatic heterocycles. The maximum absolute atomic E-state index is 12.1. The molecule has 2 aliphatic rings. The summed E-state index contributed by atoms with van der Waals surface area (Å²) in [6.07, 6.45) is 7.52. The fourth-order valence-electron chi connectivity index (χ4n) is 4.73. The van der Waals surface area contributed by atoms with Crippen LogP contribution in [-0.2, 0) is 11.3 Å². The van der Waals surface area contributed by atoms with E-state index in [2.05, 4.69) is 37.6 Å². The highest BCUT2D eigenvalue weighted by Gasteiger charge is 2.33. The molecule has 5 nitrogen and oxygen atoms in total. The first-order chi connectivity index (χ1) is 15.9. The Morgan fingerprint density at radius 1 is 1.09 bits per heavy atom. The molecule has 2 unspecified atom stereocenters.